The van der Waals surface area contributed by atoms with Gasteiger partial charge in [0.25, 0.3) is 5.56 Å². The van der Waals surface area contributed by atoms with E-state index in [1.807, 2.05) is 0 Å². The summed E-state index contributed by atoms with van der Waals surface area (Å²) in [5.74, 6) is 0.0160. The number of aromatic nitrogens is 1. The summed E-state index contributed by atoms with van der Waals surface area (Å²) in [5, 5.41) is 9.17. The summed E-state index contributed by atoms with van der Waals surface area (Å²) < 4.78 is 1.53. The summed E-state index contributed by atoms with van der Waals surface area (Å²) in [4.78, 5) is 25.2. The highest BCUT2D eigenvalue weighted by atomic mass is 16.3. The van der Waals surface area contributed by atoms with Crippen molar-refractivity contribution in [3.63, 3.8) is 0 Å². The van der Waals surface area contributed by atoms with Crippen LogP contribution in [0.15, 0.2) is 29.2 Å². The van der Waals surface area contributed by atoms with E-state index in [0.29, 0.717) is 19.5 Å². The zero-order valence-corrected chi connectivity index (χ0v) is 10.3. The lowest BCUT2D eigenvalue weighted by Crippen LogP contribution is -2.38. The van der Waals surface area contributed by atoms with E-state index in [4.69, 9.17) is 5.11 Å². The van der Waals surface area contributed by atoms with Gasteiger partial charge in [-0.05, 0) is 18.9 Å². The molecule has 1 aliphatic rings. The molecule has 0 bridgehead atoms. The maximum Gasteiger partial charge on any atom is 0.250 e. The van der Waals surface area contributed by atoms with Crippen LogP contribution in [0.5, 0.6) is 0 Å². The van der Waals surface area contributed by atoms with E-state index in [9.17, 15) is 9.59 Å². The van der Waals surface area contributed by atoms with Crippen LogP contribution in [0.4, 0.5) is 0 Å². The van der Waals surface area contributed by atoms with Crippen molar-refractivity contribution >= 4 is 5.91 Å². The van der Waals surface area contributed by atoms with Crippen LogP contribution in [0.3, 0.4) is 0 Å². The van der Waals surface area contributed by atoms with E-state index >= 15 is 0 Å². The second-order valence-electron chi connectivity index (χ2n) is 4.55. The second-order valence-corrected chi connectivity index (χ2v) is 4.55. The Morgan fingerprint density at radius 2 is 2.28 bits per heavy atom. The predicted molar refractivity (Wildman–Crippen MR) is 67.1 cm³/mol. The van der Waals surface area contributed by atoms with Crippen molar-refractivity contribution in [3.8, 4) is 0 Å². The molecule has 18 heavy (non-hydrogen) atoms. The molecule has 98 valence electrons. The molecule has 1 amide bonds. The molecule has 1 aromatic heterocycles. The number of carbonyl (C=O) groups is 1. The number of aryl methyl sites for hydroxylation is 1. The van der Waals surface area contributed by atoms with Gasteiger partial charge in [0.2, 0.25) is 5.91 Å². The van der Waals surface area contributed by atoms with Gasteiger partial charge in [0.05, 0.1) is 12.6 Å². The van der Waals surface area contributed by atoms with E-state index < -0.39 is 0 Å². The van der Waals surface area contributed by atoms with Crippen molar-refractivity contribution in [2.75, 3.05) is 13.2 Å². The van der Waals surface area contributed by atoms with Crippen molar-refractivity contribution in [2.24, 2.45) is 0 Å². The van der Waals surface area contributed by atoms with Gasteiger partial charge >= 0.3 is 0 Å². The molecular formula is C13H18N2O3. The Balaban J connectivity index is 1.92. The molecule has 0 aromatic carbocycles. The van der Waals surface area contributed by atoms with Gasteiger partial charge in [-0.25, -0.2) is 0 Å². The van der Waals surface area contributed by atoms with Crippen molar-refractivity contribution in [1.29, 1.82) is 0 Å². The monoisotopic (exact) mass is 250 g/mol. The van der Waals surface area contributed by atoms with Crippen LogP contribution in [-0.2, 0) is 11.3 Å². The third-order valence-electron chi connectivity index (χ3n) is 3.37. The quantitative estimate of drug-likeness (QED) is 0.831. The minimum absolute atomic E-state index is 0.0160. The largest absolute Gasteiger partial charge is 0.394 e. The summed E-state index contributed by atoms with van der Waals surface area (Å²) in [6, 6.07) is 4.91. The third kappa shape index (κ3) is 2.79. The third-order valence-corrected chi connectivity index (χ3v) is 3.37. The van der Waals surface area contributed by atoms with Crippen molar-refractivity contribution < 1.29 is 9.90 Å². The molecule has 0 radical (unpaired) electrons. The Morgan fingerprint density at radius 3 is 3.00 bits per heavy atom. The molecule has 2 heterocycles. The molecule has 1 aromatic rings. The van der Waals surface area contributed by atoms with E-state index in [2.05, 4.69) is 0 Å². The van der Waals surface area contributed by atoms with Gasteiger partial charge in [-0.3, -0.25) is 9.59 Å². The minimum atomic E-state index is -0.0922. The van der Waals surface area contributed by atoms with Gasteiger partial charge in [0, 0.05) is 31.8 Å². The number of pyridine rings is 1. The lowest BCUT2D eigenvalue weighted by atomic mass is 10.2. The van der Waals surface area contributed by atoms with Crippen LogP contribution >= 0.6 is 0 Å². The van der Waals surface area contributed by atoms with Crippen molar-refractivity contribution in [1.82, 2.24) is 9.47 Å². The van der Waals surface area contributed by atoms with Gasteiger partial charge in [0.1, 0.15) is 0 Å². The fraction of sp³-hybridized carbons (Fsp3) is 0.538. The van der Waals surface area contributed by atoms with Crippen LogP contribution in [0.1, 0.15) is 19.3 Å². The summed E-state index contributed by atoms with van der Waals surface area (Å²) in [7, 11) is 0. The van der Waals surface area contributed by atoms with E-state index in [0.717, 1.165) is 12.8 Å². The number of hydrogen-bond acceptors (Lipinski definition) is 3. The molecule has 1 N–H and O–H groups in total. The number of aliphatic hydroxyl groups is 1. The minimum Gasteiger partial charge on any atom is -0.394 e. The Hall–Kier alpha value is -1.62. The Kier molecular flexibility index (Phi) is 4.15. The van der Waals surface area contributed by atoms with Crippen LogP contribution < -0.4 is 5.56 Å². The summed E-state index contributed by atoms with van der Waals surface area (Å²) in [6.07, 6.45) is 3.80. The first-order valence-electron chi connectivity index (χ1n) is 6.28. The zero-order chi connectivity index (χ0) is 13.0. The highest BCUT2D eigenvalue weighted by molar-refractivity contribution is 5.76. The van der Waals surface area contributed by atoms with E-state index in [1.165, 1.54) is 10.6 Å². The Bertz CT molecular complexity index is 469. The van der Waals surface area contributed by atoms with Crippen molar-refractivity contribution in [2.45, 2.75) is 31.8 Å². The first kappa shape index (κ1) is 12.8. The molecular weight excluding hydrogens is 232 g/mol. The van der Waals surface area contributed by atoms with Gasteiger partial charge in [-0.15, -0.1) is 0 Å². The molecule has 0 aliphatic carbocycles. The van der Waals surface area contributed by atoms with Crippen LogP contribution in [-0.4, -0.2) is 39.7 Å². The fourth-order valence-electron chi connectivity index (χ4n) is 2.36. The smallest absolute Gasteiger partial charge is 0.250 e. The van der Waals surface area contributed by atoms with E-state index in [1.54, 1.807) is 23.2 Å². The molecule has 2 rings (SSSR count). The number of aliphatic hydroxyl groups excluding tert-OH is 1. The molecule has 0 saturated carbocycles. The zero-order valence-electron chi connectivity index (χ0n) is 10.3. The molecule has 5 nitrogen and oxygen atoms in total. The Labute approximate surface area is 106 Å². The van der Waals surface area contributed by atoms with Crippen LogP contribution in [0.2, 0.25) is 0 Å². The Morgan fingerprint density at radius 1 is 1.44 bits per heavy atom. The van der Waals surface area contributed by atoms with Crippen molar-refractivity contribution in [3.05, 3.63) is 34.7 Å². The van der Waals surface area contributed by atoms with Gasteiger partial charge < -0.3 is 14.6 Å². The number of carbonyl (C=O) groups excluding carboxylic acids is 1. The first-order valence-corrected chi connectivity index (χ1v) is 6.28. The van der Waals surface area contributed by atoms with Gasteiger partial charge in [0.15, 0.2) is 0 Å². The predicted octanol–water partition coefficient (Wildman–Crippen LogP) is 0.222. The average molecular weight is 250 g/mol. The van der Waals surface area contributed by atoms with Gasteiger partial charge in [-0.1, -0.05) is 6.07 Å². The fourth-order valence-corrected chi connectivity index (χ4v) is 2.36. The summed E-state index contributed by atoms with van der Waals surface area (Å²) in [6.45, 7) is 1.14. The normalized spacial score (nSPS) is 19.2. The van der Waals surface area contributed by atoms with E-state index in [-0.39, 0.29) is 24.1 Å². The number of likely N-dealkylation sites (tertiary alicyclic amines) is 1. The number of amides is 1. The molecule has 1 aliphatic heterocycles. The molecule has 0 unspecified atom stereocenters. The molecule has 5 heteroatoms. The summed E-state index contributed by atoms with van der Waals surface area (Å²) >= 11 is 0. The topological polar surface area (TPSA) is 62.5 Å². The number of rotatable bonds is 4. The lowest BCUT2D eigenvalue weighted by Gasteiger charge is -2.23. The SMILES string of the molecule is O=C(CCn1ccccc1=O)N1CCC[C@@H]1CO. The first-order chi connectivity index (χ1) is 8.72. The van der Waals surface area contributed by atoms with Gasteiger partial charge in [-0.2, -0.15) is 0 Å². The average Bonchev–Trinajstić information content (AvgIpc) is 2.86. The summed E-state index contributed by atoms with van der Waals surface area (Å²) in [5.41, 5.74) is -0.0922. The van der Waals surface area contributed by atoms with Crippen LogP contribution in [0, 0.1) is 0 Å². The van der Waals surface area contributed by atoms with Crippen LogP contribution in [0.25, 0.3) is 0 Å². The maximum atomic E-state index is 12.0. The highest BCUT2D eigenvalue weighted by Gasteiger charge is 2.27. The standard InChI is InChI=1S/C13H18N2O3/c16-10-11-4-3-8-15(11)13(18)6-9-14-7-2-1-5-12(14)17/h1-2,5,7,11,16H,3-4,6,8-10H2/t11-/m1/s1. The lowest BCUT2D eigenvalue weighted by molar-refractivity contribution is -0.132. The second kappa shape index (κ2) is 5.82. The maximum absolute atomic E-state index is 12.0. The highest BCUT2D eigenvalue weighted by Crippen LogP contribution is 2.17. The molecule has 1 saturated heterocycles. The molecule has 1 atom stereocenters. The number of nitrogens with zero attached hydrogens (tertiary/aromatic N) is 2. The number of hydrogen-bond donors (Lipinski definition) is 1. The molecule has 0 spiro atoms. The molecule has 1 fully saturated rings.